The van der Waals surface area contributed by atoms with Gasteiger partial charge >= 0.3 is 0 Å². The normalized spacial score (nSPS) is 11.5. The van der Waals surface area contributed by atoms with Gasteiger partial charge in [0.05, 0.1) is 0 Å². The molecule has 0 atom stereocenters. The van der Waals surface area contributed by atoms with Gasteiger partial charge in [-0.15, -0.1) is 0 Å². The molecule has 0 spiro atoms. The number of nitrogens with zero attached hydrogens (tertiary/aromatic N) is 2. The lowest BCUT2D eigenvalue weighted by Gasteiger charge is -2.16. The molecule has 0 fully saturated rings. The lowest BCUT2D eigenvalue weighted by Crippen LogP contribution is -2.04. The van der Waals surface area contributed by atoms with Crippen molar-refractivity contribution >= 4 is 0 Å². The van der Waals surface area contributed by atoms with Crippen molar-refractivity contribution < 1.29 is 0 Å². The first-order valence-electron chi connectivity index (χ1n) is 8.29. The van der Waals surface area contributed by atoms with Crippen molar-refractivity contribution in [3.63, 3.8) is 0 Å². The van der Waals surface area contributed by atoms with Crippen LogP contribution in [-0.4, -0.2) is 9.97 Å². The van der Waals surface area contributed by atoms with Crippen LogP contribution >= 0.6 is 0 Å². The molecular weight excluding hydrogens is 268 g/mol. The molecule has 0 aliphatic heterocycles. The van der Waals surface area contributed by atoms with E-state index in [1.54, 1.807) is 0 Å². The first kappa shape index (κ1) is 16.7. The van der Waals surface area contributed by atoms with Crippen LogP contribution < -0.4 is 0 Å². The monoisotopic (exact) mass is 296 g/mol. The van der Waals surface area contributed by atoms with E-state index < -0.39 is 0 Å². The van der Waals surface area contributed by atoms with Gasteiger partial charge in [-0.2, -0.15) is 0 Å². The Kier molecular flexibility index (Phi) is 5.33. The number of aromatic nitrogens is 2. The highest BCUT2D eigenvalue weighted by molar-refractivity contribution is 5.35. The summed E-state index contributed by atoms with van der Waals surface area (Å²) in [5.74, 6) is 1.07. The third kappa shape index (κ3) is 3.73. The van der Waals surface area contributed by atoms with Crippen molar-refractivity contribution in [1.82, 2.24) is 9.97 Å². The van der Waals surface area contributed by atoms with Crippen molar-refractivity contribution in [1.29, 1.82) is 0 Å². The Morgan fingerprint density at radius 3 is 2.27 bits per heavy atom. The predicted octanol–water partition coefficient (Wildman–Crippen LogP) is 5.13. The predicted molar refractivity (Wildman–Crippen MR) is 93.5 cm³/mol. The molecule has 22 heavy (non-hydrogen) atoms. The summed E-state index contributed by atoms with van der Waals surface area (Å²) in [6.45, 7) is 13.2. The maximum atomic E-state index is 4.57. The van der Waals surface area contributed by atoms with E-state index in [1.165, 1.54) is 27.8 Å². The van der Waals surface area contributed by atoms with Gasteiger partial charge in [0, 0.05) is 24.3 Å². The van der Waals surface area contributed by atoms with Gasteiger partial charge in [-0.1, -0.05) is 33.8 Å². The van der Waals surface area contributed by atoms with Crippen LogP contribution in [0.1, 0.15) is 73.0 Å². The van der Waals surface area contributed by atoms with Crippen LogP contribution in [0, 0.1) is 13.8 Å². The molecule has 2 heteroatoms. The van der Waals surface area contributed by atoms with E-state index in [1.807, 2.05) is 18.6 Å². The minimum atomic E-state index is 0.527. The van der Waals surface area contributed by atoms with Crippen molar-refractivity contribution in [2.75, 3.05) is 0 Å². The van der Waals surface area contributed by atoms with Gasteiger partial charge < -0.3 is 0 Å². The standard InChI is InChI=1S/C20H28N2/c1-13(2)19-9-17(11-22-16(19)6)7-8-18-12-21-10-15(5)20(18)14(3)4/h9-14H,7-8H2,1-6H3. The highest BCUT2D eigenvalue weighted by Gasteiger charge is 2.11. The Labute approximate surface area is 135 Å². The van der Waals surface area contributed by atoms with Crippen molar-refractivity contribution in [2.45, 2.75) is 66.2 Å². The third-order valence-corrected chi connectivity index (χ3v) is 4.33. The Balaban J connectivity index is 2.21. The Hall–Kier alpha value is -1.70. The van der Waals surface area contributed by atoms with Gasteiger partial charge in [0.15, 0.2) is 0 Å². The average Bonchev–Trinajstić information content (AvgIpc) is 2.45. The molecule has 0 N–H and O–H groups in total. The Morgan fingerprint density at radius 2 is 1.64 bits per heavy atom. The largest absolute Gasteiger partial charge is 0.264 e. The second kappa shape index (κ2) is 7.04. The van der Waals surface area contributed by atoms with E-state index in [9.17, 15) is 0 Å². The summed E-state index contributed by atoms with van der Waals surface area (Å²) in [6.07, 6.45) is 8.10. The van der Waals surface area contributed by atoms with E-state index in [-0.39, 0.29) is 0 Å². The molecule has 2 aromatic rings. The van der Waals surface area contributed by atoms with E-state index in [0.717, 1.165) is 18.5 Å². The zero-order valence-corrected chi connectivity index (χ0v) is 14.8. The van der Waals surface area contributed by atoms with Crippen LogP contribution in [0.4, 0.5) is 0 Å². The Morgan fingerprint density at radius 1 is 0.909 bits per heavy atom. The molecule has 118 valence electrons. The molecule has 2 aromatic heterocycles. The number of hydrogen-bond acceptors (Lipinski definition) is 2. The average molecular weight is 296 g/mol. The fourth-order valence-corrected chi connectivity index (χ4v) is 3.25. The number of pyridine rings is 2. The SMILES string of the molecule is Cc1cncc(CCc2cnc(C)c(C(C)C)c2)c1C(C)C. The van der Waals surface area contributed by atoms with E-state index >= 15 is 0 Å². The van der Waals surface area contributed by atoms with Crippen LogP contribution in [0.15, 0.2) is 24.7 Å². The van der Waals surface area contributed by atoms with Crippen molar-refractivity contribution in [3.05, 3.63) is 58.2 Å². The van der Waals surface area contributed by atoms with Gasteiger partial charge in [0.25, 0.3) is 0 Å². The molecular formula is C20H28N2. The number of hydrogen-bond donors (Lipinski definition) is 0. The van der Waals surface area contributed by atoms with Gasteiger partial charge in [0.2, 0.25) is 0 Å². The molecule has 0 aromatic carbocycles. The second-order valence-electron chi connectivity index (χ2n) is 6.86. The van der Waals surface area contributed by atoms with E-state index in [4.69, 9.17) is 0 Å². The summed E-state index contributed by atoms with van der Waals surface area (Å²) < 4.78 is 0. The van der Waals surface area contributed by atoms with Crippen LogP contribution in [0.3, 0.4) is 0 Å². The molecule has 0 aliphatic rings. The topological polar surface area (TPSA) is 25.8 Å². The molecule has 0 saturated carbocycles. The summed E-state index contributed by atoms with van der Waals surface area (Å²) in [6, 6.07) is 2.32. The van der Waals surface area contributed by atoms with Gasteiger partial charge in [-0.3, -0.25) is 9.97 Å². The zero-order valence-electron chi connectivity index (χ0n) is 14.8. The first-order chi connectivity index (χ1) is 10.4. The highest BCUT2D eigenvalue weighted by atomic mass is 14.7. The van der Waals surface area contributed by atoms with E-state index in [2.05, 4.69) is 57.6 Å². The molecule has 2 heterocycles. The van der Waals surface area contributed by atoms with Crippen LogP contribution in [0.25, 0.3) is 0 Å². The van der Waals surface area contributed by atoms with Crippen LogP contribution in [0.2, 0.25) is 0 Å². The van der Waals surface area contributed by atoms with Crippen molar-refractivity contribution in [3.8, 4) is 0 Å². The molecule has 0 aliphatic carbocycles. The summed E-state index contributed by atoms with van der Waals surface area (Å²) in [7, 11) is 0. The third-order valence-electron chi connectivity index (χ3n) is 4.33. The minimum Gasteiger partial charge on any atom is -0.264 e. The molecule has 0 amide bonds. The molecule has 0 bridgehead atoms. The minimum absolute atomic E-state index is 0.527. The summed E-state index contributed by atoms with van der Waals surface area (Å²) >= 11 is 0. The fourth-order valence-electron chi connectivity index (χ4n) is 3.25. The fraction of sp³-hybridized carbons (Fsp3) is 0.500. The van der Waals surface area contributed by atoms with Crippen LogP contribution in [-0.2, 0) is 12.8 Å². The first-order valence-corrected chi connectivity index (χ1v) is 8.29. The summed E-state index contributed by atoms with van der Waals surface area (Å²) in [5.41, 5.74) is 7.98. The maximum absolute atomic E-state index is 4.57. The molecule has 2 rings (SSSR count). The summed E-state index contributed by atoms with van der Waals surface area (Å²) in [5, 5.41) is 0. The lowest BCUT2D eigenvalue weighted by molar-refractivity contribution is 0.804. The molecule has 0 unspecified atom stereocenters. The van der Waals surface area contributed by atoms with Crippen LogP contribution in [0.5, 0.6) is 0 Å². The summed E-state index contributed by atoms with van der Waals surface area (Å²) in [4.78, 5) is 8.96. The lowest BCUT2D eigenvalue weighted by atomic mass is 9.91. The molecule has 2 nitrogen and oxygen atoms in total. The molecule has 0 saturated heterocycles. The molecule has 0 radical (unpaired) electrons. The van der Waals surface area contributed by atoms with Gasteiger partial charge in [-0.05, 0) is 66.3 Å². The van der Waals surface area contributed by atoms with Gasteiger partial charge in [-0.25, -0.2) is 0 Å². The number of rotatable bonds is 5. The van der Waals surface area contributed by atoms with E-state index in [0.29, 0.717) is 11.8 Å². The quantitative estimate of drug-likeness (QED) is 0.764. The zero-order chi connectivity index (χ0) is 16.3. The Bertz CT molecular complexity index is 642. The van der Waals surface area contributed by atoms with Crippen molar-refractivity contribution in [2.24, 2.45) is 0 Å². The van der Waals surface area contributed by atoms with Gasteiger partial charge in [0.1, 0.15) is 0 Å². The highest BCUT2D eigenvalue weighted by Crippen LogP contribution is 2.24. The maximum Gasteiger partial charge on any atom is 0.0407 e. The number of aryl methyl sites for hydroxylation is 4. The second-order valence-corrected chi connectivity index (χ2v) is 6.86. The smallest absolute Gasteiger partial charge is 0.0407 e.